The summed E-state index contributed by atoms with van der Waals surface area (Å²) in [4.78, 5) is 4.56. The lowest BCUT2D eigenvalue weighted by Crippen LogP contribution is -2.14. The Morgan fingerprint density at radius 2 is 2.06 bits per heavy atom. The Balaban J connectivity index is 1.75. The van der Waals surface area contributed by atoms with Crippen molar-refractivity contribution >= 4 is 21.6 Å². The van der Waals surface area contributed by atoms with Crippen molar-refractivity contribution in [1.29, 1.82) is 0 Å². The maximum atomic E-state index is 8.65. The van der Waals surface area contributed by atoms with Crippen LogP contribution in [0.15, 0.2) is 24.3 Å². The van der Waals surface area contributed by atoms with E-state index in [1.165, 1.54) is 4.70 Å². The van der Waals surface area contributed by atoms with Crippen molar-refractivity contribution in [2.24, 2.45) is 0 Å². The Morgan fingerprint density at radius 1 is 1.18 bits per heavy atom. The van der Waals surface area contributed by atoms with Gasteiger partial charge in [-0.05, 0) is 37.9 Å². The van der Waals surface area contributed by atoms with E-state index in [0.29, 0.717) is 6.61 Å². The molecule has 0 unspecified atom stereocenters. The lowest BCUT2D eigenvalue weighted by molar-refractivity contribution is 0.283. The quantitative estimate of drug-likeness (QED) is 0.742. The summed E-state index contributed by atoms with van der Waals surface area (Å²) >= 11 is 1.75. The number of rotatable bonds is 7. The molecule has 2 N–H and O–H groups in total. The summed E-state index contributed by atoms with van der Waals surface area (Å²) in [5.41, 5.74) is 1.09. The average Bonchev–Trinajstić information content (AvgIpc) is 2.76. The van der Waals surface area contributed by atoms with Gasteiger partial charge in [0.05, 0.1) is 10.2 Å². The highest BCUT2D eigenvalue weighted by atomic mass is 32.1. The van der Waals surface area contributed by atoms with Crippen LogP contribution in [0.2, 0.25) is 0 Å². The topological polar surface area (TPSA) is 45.1 Å². The van der Waals surface area contributed by atoms with E-state index in [1.54, 1.807) is 11.3 Å². The van der Waals surface area contributed by atoms with E-state index in [4.69, 9.17) is 5.11 Å². The molecular weight excluding hydrogens is 232 g/mol. The smallest absolute Gasteiger partial charge is 0.108 e. The fraction of sp³-hybridized carbons (Fsp3) is 0.462. The van der Waals surface area contributed by atoms with Crippen LogP contribution in [-0.4, -0.2) is 23.2 Å². The monoisotopic (exact) mass is 250 g/mol. The number of nitrogens with zero attached hydrogens (tertiary/aromatic N) is 1. The maximum Gasteiger partial charge on any atom is 0.108 e. The van der Waals surface area contributed by atoms with Crippen LogP contribution in [0.3, 0.4) is 0 Å². The fourth-order valence-corrected chi connectivity index (χ4v) is 2.67. The Bertz CT molecular complexity index is 422. The van der Waals surface area contributed by atoms with E-state index in [9.17, 15) is 0 Å². The molecule has 0 aliphatic rings. The van der Waals surface area contributed by atoms with E-state index >= 15 is 0 Å². The molecule has 0 amide bonds. The SMILES string of the molecule is OCCCCCNCc1nc2ccccc2s1. The van der Waals surface area contributed by atoms with Crippen molar-refractivity contribution in [1.82, 2.24) is 10.3 Å². The van der Waals surface area contributed by atoms with Gasteiger partial charge in [0.1, 0.15) is 5.01 Å². The molecule has 17 heavy (non-hydrogen) atoms. The number of aliphatic hydroxyl groups excluding tert-OH is 1. The summed E-state index contributed by atoms with van der Waals surface area (Å²) in [6, 6.07) is 8.23. The van der Waals surface area contributed by atoms with Gasteiger partial charge in [-0.15, -0.1) is 11.3 Å². The lowest BCUT2D eigenvalue weighted by Gasteiger charge is -2.01. The number of unbranched alkanes of at least 4 members (excludes halogenated alkanes) is 2. The third-order valence-electron chi connectivity index (χ3n) is 2.63. The predicted molar refractivity (Wildman–Crippen MR) is 72.3 cm³/mol. The highest BCUT2D eigenvalue weighted by molar-refractivity contribution is 7.18. The van der Waals surface area contributed by atoms with Gasteiger partial charge < -0.3 is 10.4 Å². The van der Waals surface area contributed by atoms with Crippen molar-refractivity contribution in [2.45, 2.75) is 25.8 Å². The third kappa shape index (κ3) is 3.77. The molecule has 0 aliphatic heterocycles. The van der Waals surface area contributed by atoms with Crippen molar-refractivity contribution < 1.29 is 5.11 Å². The van der Waals surface area contributed by atoms with Gasteiger partial charge in [0.25, 0.3) is 0 Å². The minimum Gasteiger partial charge on any atom is -0.396 e. The Kier molecular flexibility index (Phi) is 4.91. The van der Waals surface area contributed by atoms with Crippen LogP contribution in [0.25, 0.3) is 10.2 Å². The van der Waals surface area contributed by atoms with Crippen molar-refractivity contribution in [3.63, 3.8) is 0 Å². The number of nitrogens with one attached hydrogen (secondary N) is 1. The standard InChI is InChI=1S/C13H18N2OS/c16-9-5-1-4-8-14-10-13-15-11-6-2-3-7-12(11)17-13/h2-3,6-7,14,16H,1,4-5,8-10H2. The number of hydrogen-bond acceptors (Lipinski definition) is 4. The zero-order valence-electron chi connectivity index (χ0n) is 9.85. The Hall–Kier alpha value is -0.970. The zero-order chi connectivity index (χ0) is 11.9. The van der Waals surface area contributed by atoms with Gasteiger partial charge in [-0.25, -0.2) is 4.98 Å². The Labute approximate surface area is 106 Å². The van der Waals surface area contributed by atoms with Gasteiger partial charge in [0.15, 0.2) is 0 Å². The van der Waals surface area contributed by atoms with Gasteiger partial charge in [-0.3, -0.25) is 0 Å². The summed E-state index contributed by atoms with van der Waals surface area (Å²) in [6.07, 6.45) is 3.11. The van der Waals surface area contributed by atoms with Gasteiger partial charge in [0, 0.05) is 13.2 Å². The van der Waals surface area contributed by atoms with Gasteiger partial charge in [-0.1, -0.05) is 12.1 Å². The first-order valence-corrected chi connectivity index (χ1v) is 6.88. The molecule has 92 valence electrons. The molecule has 1 aromatic heterocycles. The van der Waals surface area contributed by atoms with Crippen molar-refractivity contribution in [3.05, 3.63) is 29.3 Å². The van der Waals surface area contributed by atoms with Crippen LogP contribution in [0, 0.1) is 0 Å². The predicted octanol–water partition coefficient (Wildman–Crippen LogP) is 2.55. The average molecular weight is 250 g/mol. The van der Waals surface area contributed by atoms with Crippen molar-refractivity contribution in [2.75, 3.05) is 13.2 Å². The molecular formula is C13H18N2OS. The van der Waals surface area contributed by atoms with Crippen LogP contribution >= 0.6 is 11.3 Å². The van der Waals surface area contributed by atoms with Crippen LogP contribution < -0.4 is 5.32 Å². The number of aromatic nitrogens is 1. The number of fused-ring (bicyclic) bond motifs is 1. The molecule has 0 saturated carbocycles. The van der Waals surface area contributed by atoms with Crippen LogP contribution in [0.4, 0.5) is 0 Å². The third-order valence-corrected chi connectivity index (χ3v) is 3.66. The molecule has 3 nitrogen and oxygen atoms in total. The second-order valence-electron chi connectivity index (χ2n) is 4.04. The minimum atomic E-state index is 0.303. The zero-order valence-corrected chi connectivity index (χ0v) is 10.7. The van der Waals surface area contributed by atoms with Gasteiger partial charge in [0.2, 0.25) is 0 Å². The summed E-state index contributed by atoms with van der Waals surface area (Å²) in [5, 5.41) is 13.2. The van der Waals surface area contributed by atoms with Crippen LogP contribution in [0.1, 0.15) is 24.3 Å². The molecule has 0 atom stereocenters. The minimum absolute atomic E-state index is 0.303. The number of aliphatic hydroxyl groups is 1. The largest absolute Gasteiger partial charge is 0.396 e. The molecule has 0 bridgehead atoms. The molecule has 4 heteroatoms. The highest BCUT2D eigenvalue weighted by Gasteiger charge is 2.01. The number of hydrogen-bond donors (Lipinski definition) is 2. The molecule has 1 aromatic carbocycles. The van der Waals surface area contributed by atoms with E-state index in [-0.39, 0.29) is 0 Å². The van der Waals surface area contributed by atoms with E-state index in [0.717, 1.165) is 42.9 Å². The fourth-order valence-electron chi connectivity index (χ4n) is 1.73. The molecule has 0 aliphatic carbocycles. The molecule has 0 saturated heterocycles. The summed E-state index contributed by atoms with van der Waals surface area (Å²) in [7, 11) is 0. The summed E-state index contributed by atoms with van der Waals surface area (Å²) in [5.74, 6) is 0. The molecule has 2 rings (SSSR count). The number of benzene rings is 1. The first kappa shape index (κ1) is 12.5. The first-order valence-electron chi connectivity index (χ1n) is 6.06. The Morgan fingerprint density at radius 3 is 2.88 bits per heavy atom. The summed E-state index contributed by atoms with van der Waals surface area (Å²) in [6.45, 7) is 2.15. The normalized spacial score (nSPS) is 11.1. The lowest BCUT2D eigenvalue weighted by atomic mass is 10.2. The summed E-state index contributed by atoms with van der Waals surface area (Å²) < 4.78 is 1.25. The second-order valence-corrected chi connectivity index (χ2v) is 5.15. The first-order chi connectivity index (χ1) is 8.40. The maximum absolute atomic E-state index is 8.65. The van der Waals surface area contributed by atoms with Gasteiger partial charge >= 0.3 is 0 Å². The van der Waals surface area contributed by atoms with E-state index < -0.39 is 0 Å². The van der Waals surface area contributed by atoms with Crippen LogP contribution in [-0.2, 0) is 6.54 Å². The van der Waals surface area contributed by atoms with Gasteiger partial charge in [-0.2, -0.15) is 0 Å². The van der Waals surface area contributed by atoms with E-state index in [2.05, 4.69) is 22.4 Å². The molecule has 0 spiro atoms. The van der Waals surface area contributed by atoms with Crippen molar-refractivity contribution in [3.8, 4) is 0 Å². The second kappa shape index (κ2) is 6.69. The highest BCUT2D eigenvalue weighted by Crippen LogP contribution is 2.21. The molecule has 1 heterocycles. The van der Waals surface area contributed by atoms with E-state index in [1.807, 2.05) is 12.1 Å². The molecule has 0 radical (unpaired) electrons. The number of thiazole rings is 1. The molecule has 0 fully saturated rings. The molecule has 2 aromatic rings. The number of para-hydroxylation sites is 1. The van der Waals surface area contributed by atoms with Crippen LogP contribution in [0.5, 0.6) is 0 Å².